The number of nitrogens with one attached hydrogen (secondary N) is 1. The normalized spacial score (nSPS) is 10.8. The van der Waals surface area contributed by atoms with Crippen molar-refractivity contribution in [1.29, 1.82) is 0 Å². The molecule has 0 saturated heterocycles. The first-order valence-corrected chi connectivity index (χ1v) is 10.4. The molecular formula is C23H18FN3O3S. The Hall–Kier alpha value is -3.65. The van der Waals surface area contributed by atoms with Gasteiger partial charge in [0.25, 0.3) is 5.56 Å². The summed E-state index contributed by atoms with van der Waals surface area (Å²) in [6.07, 6.45) is 0. The second kappa shape index (κ2) is 9.01. The van der Waals surface area contributed by atoms with Crippen molar-refractivity contribution in [3.63, 3.8) is 0 Å². The van der Waals surface area contributed by atoms with E-state index in [0.717, 1.165) is 11.8 Å². The van der Waals surface area contributed by atoms with E-state index in [1.165, 1.54) is 22.8 Å². The Morgan fingerprint density at radius 1 is 1.10 bits per heavy atom. The molecule has 6 nitrogen and oxygen atoms in total. The van der Waals surface area contributed by atoms with E-state index in [2.05, 4.69) is 10.3 Å². The molecule has 0 aliphatic heterocycles. The van der Waals surface area contributed by atoms with Gasteiger partial charge in [-0.2, -0.15) is 0 Å². The SMILES string of the molecule is COc1ccc(-n2c(SCC(=O)Nc3cccc(F)c3)nc3ccccc3c2=O)cc1. The summed E-state index contributed by atoms with van der Waals surface area (Å²) < 4.78 is 20.0. The number of carbonyl (C=O) groups excluding carboxylic acids is 1. The van der Waals surface area contributed by atoms with Crippen molar-refractivity contribution in [1.82, 2.24) is 9.55 Å². The molecule has 4 aromatic rings. The number of amides is 1. The molecular weight excluding hydrogens is 417 g/mol. The average Bonchev–Trinajstić information content (AvgIpc) is 2.78. The summed E-state index contributed by atoms with van der Waals surface area (Å²) in [5, 5.41) is 3.50. The summed E-state index contributed by atoms with van der Waals surface area (Å²) in [7, 11) is 1.57. The van der Waals surface area contributed by atoms with E-state index in [-0.39, 0.29) is 17.2 Å². The summed E-state index contributed by atoms with van der Waals surface area (Å²) in [5.74, 6) is -0.110. The molecule has 1 heterocycles. The smallest absolute Gasteiger partial charge is 0.266 e. The molecule has 8 heteroatoms. The highest BCUT2D eigenvalue weighted by atomic mass is 32.2. The molecule has 0 spiro atoms. The Morgan fingerprint density at radius 2 is 1.87 bits per heavy atom. The number of para-hydroxylation sites is 1. The second-order valence-electron chi connectivity index (χ2n) is 6.60. The molecule has 1 N–H and O–H groups in total. The summed E-state index contributed by atoms with van der Waals surface area (Å²) in [4.78, 5) is 30.2. The van der Waals surface area contributed by atoms with Crippen LogP contribution in [-0.2, 0) is 4.79 Å². The van der Waals surface area contributed by atoms with Gasteiger partial charge < -0.3 is 10.1 Å². The predicted molar refractivity (Wildman–Crippen MR) is 120 cm³/mol. The first kappa shape index (κ1) is 20.6. The third-order valence-corrected chi connectivity index (χ3v) is 5.45. The maximum absolute atomic E-state index is 13.3. The van der Waals surface area contributed by atoms with Gasteiger partial charge in [0.05, 0.1) is 29.5 Å². The topological polar surface area (TPSA) is 73.2 Å². The number of ether oxygens (including phenoxy) is 1. The standard InChI is InChI=1S/C23H18FN3O3S/c1-30-18-11-9-17(10-12-18)27-22(29)19-7-2-3-8-20(19)26-23(27)31-14-21(28)25-16-6-4-5-15(24)13-16/h2-13H,14H2,1H3,(H,25,28). The van der Waals surface area contributed by atoms with E-state index < -0.39 is 5.82 Å². The largest absolute Gasteiger partial charge is 0.497 e. The molecule has 31 heavy (non-hydrogen) atoms. The van der Waals surface area contributed by atoms with Gasteiger partial charge in [0.1, 0.15) is 11.6 Å². The van der Waals surface area contributed by atoms with Crippen molar-refractivity contribution in [3.8, 4) is 11.4 Å². The van der Waals surface area contributed by atoms with E-state index in [1.807, 2.05) is 0 Å². The highest BCUT2D eigenvalue weighted by Gasteiger charge is 2.15. The first-order valence-electron chi connectivity index (χ1n) is 9.39. The maximum Gasteiger partial charge on any atom is 0.266 e. The lowest BCUT2D eigenvalue weighted by Gasteiger charge is -2.13. The molecule has 3 aromatic carbocycles. The third-order valence-electron chi connectivity index (χ3n) is 4.52. The number of benzene rings is 3. The van der Waals surface area contributed by atoms with Crippen molar-refractivity contribution >= 4 is 34.3 Å². The molecule has 0 atom stereocenters. The fourth-order valence-electron chi connectivity index (χ4n) is 3.06. The van der Waals surface area contributed by atoms with E-state index >= 15 is 0 Å². The molecule has 1 aromatic heterocycles. The van der Waals surface area contributed by atoms with Gasteiger partial charge in [-0.05, 0) is 54.6 Å². The van der Waals surface area contributed by atoms with Gasteiger partial charge >= 0.3 is 0 Å². The van der Waals surface area contributed by atoms with E-state index in [9.17, 15) is 14.0 Å². The van der Waals surface area contributed by atoms with E-state index in [0.29, 0.717) is 33.2 Å². The van der Waals surface area contributed by atoms with Gasteiger partial charge in [0.2, 0.25) is 5.91 Å². The second-order valence-corrected chi connectivity index (χ2v) is 7.54. The number of anilines is 1. The monoisotopic (exact) mass is 435 g/mol. The zero-order valence-electron chi connectivity index (χ0n) is 16.5. The molecule has 0 aliphatic rings. The molecule has 4 rings (SSSR count). The number of rotatable bonds is 6. The average molecular weight is 435 g/mol. The Bertz CT molecular complexity index is 1310. The van der Waals surface area contributed by atoms with Gasteiger partial charge in [-0.1, -0.05) is 30.0 Å². The highest BCUT2D eigenvalue weighted by molar-refractivity contribution is 7.99. The first-order chi connectivity index (χ1) is 15.0. The molecule has 156 valence electrons. The number of aromatic nitrogens is 2. The number of hydrogen-bond acceptors (Lipinski definition) is 5. The zero-order chi connectivity index (χ0) is 21.8. The molecule has 0 saturated carbocycles. The lowest BCUT2D eigenvalue weighted by molar-refractivity contribution is -0.113. The van der Waals surface area contributed by atoms with Crippen LogP contribution in [0.4, 0.5) is 10.1 Å². The maximum atomic E-state index is 13.3. The van der Waals surface area contributed by atoms with Crippen LogP contribution in [0.3, 0.4) is 0 Å². The third kappa shape index (κ3) is 4.59. The van der Waals surface area contributed by atoms with E-state index in [1.54, 1.807) is 61.7 Å². The molecule has 0 bridgehead atoms. The van der Waals surface area contributed by atoms with Crippen LogP contribution >= 0.6 is 11.8 Å². The van der Waals surface area contributed by atoms with Gasteiger partial charge in [-0.3, -0.25) is 14.2 Å². The van der Waals surface area contributed by atoms with Crippen LogP contribution in [0.5, 0.6) is 5.75 Å². The van der Waals surface area contributed by atoms with Gasteiger partial charge in [0.15, 0.2) is 5.16 Å². The fourth-order valence-corrected chi connectivity index (χ4v) is 3.87. The molecule has 0 aliphatic carbocycles. The minimum Gasteiger partial charge on any atom is -0.497 e. The van der Waals surface area contributed by atoms with Crippen LogP contribution in [-0.4, -0.2) is 28.3 Å². The number of halogens is 1. The summed E-state index contributed by atoms with van der Waals surface area (Å²) in [6, 6.07) is 19.7. The molecule has 1 amide bonds. The van der Waals surface area contributed by atoms with Crippen molar-refractivity contribution in [2.24, 2.45) is 0 Å². The number of fused-ring (bicyclic) bond motifs is 1. The Labute approximate surface area is 181 Å². The van der Waals surface area contributed by atoms with Crippen LogP contribution < -0.4 is 15.6 Å². The highest BCUT2D eigenvalue weighted by Crippen LogP contribution is 2.23. The van der Waals surface area contributed by atoms with Crippen molar-refractivity contribution in [2.45, 2.75) is 5.16 Å². The van der Waals surface area contributed by atoms with Crippen LogP contribution in [0.15, 0.2) is 82.7 Å². The number of carbonyl (C=O) groups is 1. The fraction of sp³-hybridized carbons (Fsp3) is 0.0870. The van der Waals surface area contributed by atoms with Gasteiger partial charge in [0, 0.05) is 5.69 Å². The van der Waals surface area contributed by atoms with Crippen LogP contribution in [0.2, 0.25) is 0 Å². The van der Waals surface area contributed by atoms with Crippen LogP contribution in [0.1, 0.15) is 0 Å². The van der Waals surface area contributed by atoms with Crippen LogP contribution in [0, 0.1) is 5.82 Å². The lowest BCUT2D eigenvalue weighted by atomic mass is 10.2. The molecule has 0 fully saturated rings. The quantitative estimate of drug-likeness (QED) is 0.362. The molecule has 0 unspecified atom stereocenters. The number of nitrogens with zero attached hydrogens (tertiary/aromatic N) is 2. The minimum absolute atomic E-state index is 0.00253. The Morgan fingerprint density at radius 3 is 2.61 bits per heavy atom. The molecule has 0 radical (unpaired) electrons. The summed E-state index contributed by atoms with van der Waals surface area (Å²) in [6.45, 7) is 0. The number of hydrogen-bond donors (Lipinski definition) is 1. The van der Waals surface area contributed by atoms with Crippen molar-refractivity contribution < 1.29 is 13.9 Å². The van der Waals surface area contributed by atoms with Crippen molar-refractivity contribution in [2.75, 3.05) is 18.2 Å². The van der Waals surface area contributed by atoms with Crippen molar-refractivity contribution in [3.05, 3.63) is 89.0 Å². The van der Waals surface area contributed by atoms with E-state index in [4.69, 9.17) is 4.74 Å². The van der Waals surface area contributed by atoms with Gasteiger partial charge in [-0.25, -0.2) is 9.37 Å². The number of methoxy groups -OCH3 is 1. The summed E-state index contributed by atoms with van der Waals surface area (Å²) in [5.41, 5.74) is 1.29. The minimum atomic E-state index is -0.435. The number of thioether (sulfide) groups is 1. The Kier molecular flexibility index (Phi) is 5.99. The van der Waals surface area contributed by atoms with Crippen LogP contribution in [0.25, 0.3) is 16.6 Å². The Balaban J connectivity index is 1.67. The van der Waals surface area contributed by atoms with Gasteiger partial charge in [-0.15, -0.1) is 0 Å². The predicted octanol–water partition coefficient (Wildman–Crippen LogP) is 4.26. The zero-order valence-corrected chi connectivity index (χ0v) is 17.4. The lowest BCUT2D eigenvalue weighted by Crippen LogP contribution is -2.23. The summed E-state index contributed by atoms with van der Waals surface area (Å²) >= 11 is 1.13.